The largest absolute Gasteiger partial charge is 0.294 e. The number of halogens is 1. The van der Waals surface area contributed by atoms with Gasteiger partial charge in [-0.15, -0.1) is 0 Å². The number of fused-ring (bicyclic) bond motifs is 5. The van der Waals surface area contributed by atoms with Gasteiger partial charge in [0, 0.05) is 10.8 Å². The number of aromatic nitrogens is 1. The number of alkyl halides is 1. The number of aryl methyl sites for hydroxylation is 1. The van der Waals surface area contributed by atoms with Gasteiger partial charge in [-0.3, -0.25) is 29.5 Å². The van der Waals surface area contributed by atoms with Crippen molar-refractivity contribution in [2.24, 2.45) is 0 Å². The topological polar surface area (TPSA) is 96.1 Å². The number of unbranched alkanes of at least 4 members (excludes halogenated alkanes) is 6. The molecule has 2 unspecified atom stereocenters. The van der Waals surface area contributed by atoms with Gasteiger partial charge in [-0.05, 0) is 48.4 Å². The van der Waals surface area contributed by atoms with Gasteiger partial charge in [0.1, 0.15) is 4.32 Å². The lowest BCUT2D eigenvalue weighted by molar-refractivity contribution is -0.130. The van der Waals surface area contributed by atoms with E-state index < -0.39 is 33.2 Å². The molecule has 7 heteroatoms. The van der Waals surface area contributed by atoms with Gasteiger partial charge in [0.25, 0.3) is 17.0 Å². The molecular formula is C26H31BrN2O4. The van der Waals surface area contributed by atoms with Crippen LogP contribution in [0.5, 0.6) is 0 Å². The standard InChI is InChI=1S/C26H31BrN2O4/c1-3-5-7-9-11-15-13-17-21-20(18(15)23(31)28-22(17)30)19-16(12-10-8-6-4-2)14-26(21,27)25(33)29-24(19)32/h13-14,19H,3-12H2,1-2H3,(H,28,30,31)(H,29,32,33). The quantitative estimate of drug-likeness (QED) is 0.208. The third kappa shape index (κ3) is 4.09. The second kappa shape index (κ2) is 9.53. The Balaban J connectivity index is 1.93. The van der Waals surface area contributed by atoms with Crippen LogP contribution in [-0.2, 0) is 20.3 Å². The van der Waals surface area contributed by atoms with Crippen molar-refractivity contribution in [1.82, 2.24) is 10.3 Å². The van der Waals surface area contributed by atoms with Gasteiger partial charge < -0.3 is 0 Å². The molecule has 3 aromatic rings. The van der Waals surface area contributed by atoms with Crippen LogP contribution in [-0.4, -0.2) is 16.8 Å². The maximum absolute atomic E-state index is 13.3. The molecule has 4 bridgehead atoms. The molecule has 2 N–H and O–H groups in total. The third-order valence-electron chi connectivity index (χ3n) is 7.00. The van der Waals surface area contributed by atoms with Crippen LogP contribution in [0.1, 0.15) is 94.2 Å². The molecule has 2 aliphatic heterocycles. The van der Waals surface area contributed by atoms with Crippen LogP contribution < -0.4 is 16.4 Å². The predicted molar refractivity (Wildman–Crippen MR) is 133 cm³/mol. The molecule has 2 aromatic heterocycles. The highest BCUT2D eigenvalue weighted by Crippen LogP contribution is 2.52. The van der Waals surface area contributed by atoms with Crippen LogP contribution in [0.2, 0.25) is 0 Å². The van der Waals surface area contributed by atoms with Crippen molar-refractivity contribution in [3.8, 4) is 0 Å². The van der Waals surface area contributed by atoms with Gasteiger partial charge in [-0.25, -0.2) is 0 Å². The summed E-state index contributed by atoms with van der Waals surface area (Å²) >= 11 is 3.60. The van der Waals surface area contributed by atoms with E-state index in [2.05, 4.69) is 40.1 Å². The second-order valence-electron chi connectivity index (χ2n) is 9.33. The smallest absolute Gasteiger partial charge is 0.258 e. The van der Waals surface area contributed by atoms with E-state index in [1.807, 2.05) is 6.08 Å². The number of imide groups is 1. The zero-order valence-corrected chi connectivity index (χ0v) is 20.9. The average molecular weight is 515 g/mol. The van der Waals surface area contributed by atoms with E-state index in [0.717, 1.165) is 62.5 Å². The first kappa shape index (κ1) is 23.9. The number of hydrogen-bond acceptors (Lipinski definition) is 4. The summed E-state index contributed by atoms with van der Waals surface area (Å²) in [4.78, 5) is 55.1. The number of nitrogens with one attached hydrogen (secondary N) is 2. The summed E-state index contributed by atoms with van der Waals surface area (Å²) in [5.41, 5.74) is 1.62. The minimum atomic E-state index is -1.35. The molecule has 2 amide bonds. The Bertz CT molecular complexity index is 1230. The van der Waals surface area contributed by atoms with Crippen molar-refractivity contribution in [3.63, 3.8) is 0 Å². The van der Waals surface area contributed by atoms with Crippen LogP contribution >= 0.6 is 15.9 Å². The number of amides is 2. The summed E-state index contributed by atoms with van der Waals surface area (Å²) in [6, 6.07) is 1.76. The summed E-state index contributed by atoms with van der Waals surface area (Å²) < 4.78 is -1.35. The third-order valence-corrected chi connectivity index (χ3v) is 7.99. The van der Waals surface area contributed by atoms with Gasteiger partial charge in [-0.1, -0.05) is 80.0 Å². The van der Waals surface area contributed by atoms with Crippen LogP contribution in [0, 0.1) is 0 Å². The fourth-order valence-electron chi connectivity index (χ4n) is 5.38. The van der Waals surface area contributed by atoms with E-state index in [0.29, 0.717) is 34.7 Å². The molecule has 0 spiro atoms. The Hall–Kier alpha value is -2.28. The molecule has 0 saturated heterocycles. The molecule has 4 heterocycles. The Kier molecular flexibility index (Phi) is 6.89. The number of rotatable bonds is 10. The summed E-state index contributed by atoms with van der Waals surface area (Å²) in [7, 11) is 0. The van der Waals surface area contributed by atoms with Gasteiger partial charge >= 0.3 is 0 Å². The summed E-state index contributed by atoms with van der Waals surface area (Å²) in [6.45, 7) is 4.28. The van der Waals surface area contributed by atoms with Gasteiger partial charge in [0.05, 0.1) is 5.92 Å². The minimum absolute atomic E-state index is 0.304. The first-order valence-corrected chi connectivity index (χ1v) is 12.9. The van der Waals surface area contributed by atoms with Crippen LogP contribution in [0.3, 0.4) is 0 Å². The van der Waals surface area contributed by atoms with Crippen LogP contribution in [0.4, 0.5) is 0 Å². The van der Waals surface area contributed by atoms with E-state index >= 15 is 0 Å². The highest BCUT2D eigenvalue weighted by atomic mass is 79.9. The highest BCUT2D eigenvalue weighted by Gasteiger charge is 2.51. The van der Waals surface area contributed by atoms with E-state index in [1.165, 1.54) is 0 Å². The first-order chi connectivity index (χ1) is 15.8. The molecule has 176 valence electrons. The maximum atomic E-state index is 13.3. The number of carbonyl (C=O) groups is 2. The number of benzene rings is 1. The number of H-pyrrole nitrogens is 1. The van der Waals surface area contributed by atoms with Crippen molar-refractivity contribution in [1.29, 1.82) is 0 Å². The van der Waals surface area contributed by atoms with Crippen molar-refractivity contribution in [2.45, 2.75) is 88.3 Å². The molecule has 1 aromatic carbocycles. The zero-order chi connectivity index (χ0) is 23.8. The fraction of sp³-hybridized carbons (Fsp3) is 0.538. The zero-order valence-electron chi connectivity index (χ0n) is 19.3. The molecule has 0 fully saturated rings. The van der Waals surface area contributed by atoms with E-state index in [9.17, 15) is 19.2 Å². The first-order valence-electron chi connectivity index (χ1n) is 12.1. The normalized spacial score (nSPS) is 21.8. The molecule has 6 nitrogen and oxygen atoms in total. The molecule has 1 aliphatic carbocycles. The molecule has 6 rings (SSSR count). The van der Waals surface area contributed by atoms with Gasteiger partial charge in [0.2, 0.25) is 5.91 Å². The number of aromatic amines is 1. The monoisotopic (exact) mass is 514 g/mol. The van der Waals surface area contributed by atoms with E-state index in [-0.39, 0.29) is 0 Å². The fourth-order valence-corrected chi connectivity index (χ4v) is 6.20. The van der Waals surface area contributed by atoms with Crippen LogP contribution in [0.25, 0.3) is 10.8 Å². The Morgan fingerprint density at radius 1 is 0.909 bits per heavy atom. The second-order valence-corrected chi connectivity index (χ2v) is 10.6. The average Bonchev–Trinajstić information content (AvgIpc) is 3.04. The van der Waals surface area contributed by atoms with Gasteiger partial charge in [-0.2, -0.15) is 0 Å². The molecule has 0 radical (unpaired) electrons. The Morgan fingerprint density at radius 2 is 1.58 bits per heavy atom. The van der Waals surface area contributed by atoms with E-state index in [4.69, 9.17) is 0 Å². The molecule has 0 saturated carbocycles. The lowest BCUT2D eigenvalue weighted by atomic mass is 9.73. The van der Waals surface area contributed by atoms with Crippen molar-refractivity contribution in [3.05, 3.63) is 55.1 Å². The lowest BCUT2D eigenvalue weighted by Crippen LogP contribution is -2.39. The number of carbonyl (C=O) groups excluding carboxylic acids is 2. The van der Waals surface area contributed by atoms with Crippen molar-refractivity contribution in [2.75, 3.05) is 0 Å². The minimum Gasteiger partial charge on any atom is -0.294 e. The maximum Gasteiger partial charge on any atom is 0.258 e. The Labute approximate surface area is 201 Å². The molecule has 33 heavy (non-hydrogen) atoms. The lowest BCUT2D eigenvalue weighted by Gasteiger charge is -2.32. The van der Waals surface area contributed by atoms with Crippen molar-refractivity contribution >= 4 is 38.5 Å². The number of hydrogen-bond donors (Lipinski definition) is 2. The predicted octanol–water partition coefficient (Wildman–Crippen LogP) is 4.69. The van der Waals surface area contributed by atoms with Crippen molar-refractivity contribution < 1.29 is 9.59 Å². The Morgan fingerprint density at radius 3 is 2.24 bits per heavy atom. The van der Waals surface area contributed by atoms with Gasteiger partial charge in [0.15, 0.2) is 0 Å². The molecule has 2 atom stereocenters. The summed E-state index contributed by atoms with van der Waals surface area (Å²) in [5.74, 6) is -1.66. The summed E-state index contributed by atoms with van der Waals surface area (Å²) in [6.07, 6.45) is 11.4. The highest BCUT2D eigenvalue weighted by molar-refractivity contribution is 9.10. The van der Waals surface area contributed by atoms with Crippen LogP contribution in [0.15, 0.2) is 27.3 Å². The summed E-state index contributed by atoms with van der Waals surface area (Å²) in [5, 5.41) is 3.22. The molecule has 3 aliphatic rings. The SMILES string of the molecule is CCCCCCC1=CC2(Br)C(=O)NC(=O)C1c1c2c2cc(CCCCCC)c1c(=O)[nH]c2=O. The molecular weight excluding hydrogens is 484 g/mol. The van der Waals surface area contributed by atoms with E-state index in [1.54, 1.807) is 6.07 Å².